The van der Waals surface area contributed by atoms with Gasteiger partial charge in [-0.3, -0.25) is 0 Å². The summed E-state index contributed by atoms with van der Waals surface area (Å²) in [5.41, 5.74) is 2.08. The van der Waals surface area contributed by atoms with Gasteiger partial charge in [-0.25, -0.2) is 0 Å². The molecule has 114 valence electrons. The molecule has 2 N–H and O–H groups in total. The number of halogens is 1. The van der Waals surface area contributed by atoms with Gasteiger partial charge >= 0.3 is 0 Å². The van der Waals surface area contributed by atoms with Crippen LogP contribution >= 0.6 is 15.9 Å². The summed E-state index contributed by atoms with van der Waals surface area (Å²) in [6, 6.07) is 6.39. The van der Waals surface area contributed by atoms with Gasteiger partial charge in [-0.05, 0) is 59.9 Å². The summed E-state index contributed by atoms with van der Waals surface area (Å²) in [5, 5.41) is 12.9. The molecule has 0 heterocycles. The van der Waals surface area contributed by atoms with Crippen molar-refractivity contribution in [1.82, 2.24) is 5.32 Å². The maximum absolute atomic E-state index is 9.47. The highest BCUT2D eigenvalue weighted by Gasteiger charge is 2.24. The molecule has 1 aromatic rings. The lowest BCUT2D eigenvalue weighted by Gasteiger charge is -2.36. The molecule has 20 heavy (non-hydrogen) atoms. The van der Waals surface area contributed by atoms with Crippen LogP contribution in [0.1, 0.15) is 33.3 Å². The predicted molar refractivity (Wildman–Crippen MR) is 90.3 cm³/mol. The zero-order valence-corrected chi connectivity index (χ0v) is 14.8. The molecule has 0 atom stereocenters. The number of hydrogen-bond donors (Lipinski definition) is 2. The predicted octanol–water partition coefficient (Wildman–Crippen LogP) is 3.40. The first kappa shape index (κ1) is 17.5. The van der Waals surface area contributed by atoms with E-state index in [1.807, 2.05) is 20.9 Å². The number of aliphatic hydroxyl groups excluding tert-OH is 1. The number of nitrogens with zero attached hydrogens (tertiary/aromatic N) is 1. The van der Waals surface area contributed by atoms with E-state index in [9.17, 15) is 5.11 Å². The molecule has 0 aromatic heterocycles. The van der Waals surface area contributed by atoms with Gasteiger partial charge in [-0.1, -0.05) is 19.9 Å². The Morgan fingerprint density at radius 2 is 2.00 bits per heavy atom. The molecule has 0 aliphatic heterocycles. The van der Waals surface area contributed by atoms with Crippen LogP contribution in [0.25, 0.3) is 0 Å². The Labute approximate surface area is 131 Å². The van der Waals surface area contributed by atoms with E-state index in [4.69, 9.17) is 0 Å². The SMILES string of the molecule is CC(C)CNCc1ccc(N(C)C(C)(C)CO)c(Br)c1. The summed E-state index contributed by atoms with van der Waals surface area (Å²) >= 11 is 3.64. The highest BCUT2D eigenvalue weighted by Crippen LogP contribution is 2.30. The van der Waals surface area contributed by atoms with Crippen LogP contribution < -0.4 is 10.2 Å². The quantitative estimate of drug-likeness (QED) is 0.797. The summed E-state index contributed by atoms with van der Waals surface area (Å²) in [7, 11) is 2.01. The first-order valence-corrected chi connectivity index (χ1v) is 7.91. The van der Waals surface area contributed by atoms with Crippen molar-refractivity contribution in [2.75, 3.05) is 25.1 Å². The molecular weight excluding hydrogens is 316 g/mol. The third kappa shape index (κ3) is 4.76. The van der Waals surface area contributed by atoms with Crippen molar-refractivity contribution in [3.63, 3.8) is 0 Å². The second-order valence-corrected chi connectivity index (χ2v) is 7.19. The summed E-state index contributed by atoms with van der Waals surface area (Å²) in [5.74, 6) is 0.661. The molecule has 1 rings (SSSR count). The first-order valence-electron chi connectivity index (χ1n) is 7.11. The van der Waals surface area contributed by atoms with Gasteiger partial charge in [-0.2, -0.15) is 0 Å². The van der Waals surface area contributed by atoms with Crippen molar-refractivity contribution in [1.29, 1.82) is 0 Å². The monoisotopic (exact) mass is 342 g/mol. The molecule has 0 amide bonds. The highest BCUT2D eigenvalue weighted by atomic mass is 79.9. The second-order valence-electron chi connectivity index (χ2n) is 6.34. The molecule has 0 spiro atoms. The number of nitrogens with one attached hydrogen (secondary N) is 1. The number of aliphatic hydroxyl groups is 1. The van der Waals surface area contributed by atoms with Gasteiger partial charge in [0.2, 0.25) is 0 Å². The molecule has 0 radical (unpaired) electrons. The molecule has 0 fully saturated rings. The Hall–Kier alpha value is -0.580. The summed E-state index contributed by atoms with van der Waals surface area (Å²) in [4.78, 5) is 2.10. The summed E-state index contributed by atoms with van der Waals surface area (Å²) in [6.45, 7) is 10.5. The molecule has 0 saturated carbocycles. The van der Waals surface area contributed by atoms with Crippen molar-refractivity contribution < 1.29 is 5.11 Å². The van der Waals surface area contributed by atoms with Crippen LogP contribution in [0.3, 0.4) is 0 Å². The van der Waals surface area contributed by atoms with E-state index in [2.05, 4.69) is 58.2 Å². The maximum Gasteiger partial charge on any atom is 0.0658 e. The van der Waals surface area contributed by atoms with Gasteiger partial charge in [0.05, 0.1) is 17.8 Å². The molecule has 4 heteroatoms. The van der Waals surface area contributed by atoms with Crippen molar-refractivity contribution >= 4 is 21.6 Å². The van der Waals surface area contributed by atoms with Crippen molar-refractivity contribution in [3.05, 3.63) is 28.2 Å². The average molecular weight is 343 g/mol. The van der Waals surface area contributed by atoms with E-state index in [0.717, 1.165) is 23.2 Å². The van der Waals surface area contributed by atoms with E-state index in [1.165, 1.54) is 5.56 Å². The van der Waals surface area contributed by atoms with Crippen LogP contribution in [0.2, 0.25) is 0 Å². The molecule has 0 aliphatic rings. The number of hydrogen-bond acceptors (Lipinski definition) is 3. The standard InChI is InChI=1S/C16H27BrN2O/c1-12(2)9-18-10-13-6-7-15(14(17)8-13)19(5)16(3,4)11-20/h6-8,12,18,20H,9-11H2,1-5H3. The largest absolute Gasteiger partial charge is 0.394 e. The van der Waals surface area contributed by atoms with Crippen molar-refractivity contribution in [3.8, 4) is 0 Å². The molecular formula is C16H27BrN2O. The van der Waals surface area contributed by atoms with E-state index < -0.39 is 0 Å². The highest BCUT2D eigenvalue weighted by molar-refractivity contribution is 9.10. The Morgan fingerprint density at radius 3 is 2.50 bits per heavy atom. The number of likely N-dealkylation sites (N-methyl/N-ethyl adjacent to an activating group) is 1. The van der Waals surface area contributed by atoms with Gasteiger partial charge in [0, 0.05) is 18.1 Å². The fraction of sp³-hybridized carbons (Fsp3) is 0.625. The summed E-state index contributed by atoms with van der Waals surface area (Å²) < 4.78 is 1.06. The fourth-order valence-corrected chi connectivity index (χ4v) is 2.56. The summed E-state index contributed by atoms with van der Waals surface area (Å²) in [6.07, 6.45) is 0. The minimum absolute atomic E-state index is 0.119. The molecule has 3 nitrogen and oxygen atoms in total. The number of rotatable bonds is 7. The molecule has 0 aliphatic carbocycles. The van der Waals surface area contributed by atoms with Crippen LogP contribution in [-0.4, -0.2) is 30.8 Å². The Balaban J connectivity index is 2.78. The smallest absolute Gasteiger partial charge is 0.0658 e. The Morgan fingerprint density at radius 1 is 1.35 bits per heavy atom. The molecule has 0 bridgehead atoms. The van der Waals surface area contributed by atoms with Gasteiger partial charge in [0.1, 0.15) is 0 Å². The zero-order chi connectivity index (χ0) is 15.3. The minimum Gasteiger partial charge on any atom is -0.394 e. The second kappa shape index (κ2) is 7.43. The van der Waals surface area contributed by atoms with E-state index >= 15 is 0 Å². The topological polar surface area (TPSA) is 35.5 Å². The Bertz CT molecular complexity index is 432. The lowest BCUT2D eigenvalue weighted by molar-refractivity contribution is 0.216. The molecule has 1 aromatic carbocycles. The third-order valence-corrected chi connectivity index (χ3v) is 4.19. The van der Waals surface area contributed by atoms with E-state index in [0.29, 0.717) is 5.92 Å². The Kier molecular flexibility index (Phi) is 6.49. The lowest BCUT2D eigenvalue weighted by atomic mass is 10.0. The van der Waals surface area contributed by atoms with Crippen LogP contribution in [0.15, 0.2) is 22.7 Å². The van der Waals surface area contributed by atoms with Gasteiger partial charge in [0.15, 0.2) is 0 Å². The van der Waals surface area contributed by atoms with Gasteiger partial charge in [0.25, 0.3) is 0 Å². The molecule has 0 saturated heterocycles. The average Bonchev–Trinajstić information content (AvgIpc) is 2.37. The van der Waals surface area contributed by atoms with Crippen molar-refractivity contribution in [2.45, 2.75) is 39.8 Å². The first-order chi connectivity index (χ1) is 9.27. The fourth-order valence-electron chi connectivity index (χ4n) is 1.87. The van der Waals surface area contributed by atoms with Gasteiger partial charge in [-0.15, -0.1) is 0 Å². The van der Waals surface area contributed by atoms with Crippen LogP contribution in [0, 0.1) is 5.92 Å². The number of benzene rings is 1. The van der Waals surface area contributed by atoms with Crippen molar-refractivity contribution in [2.24, 2.45) is 5.92 Å². The maximum atomic E-state index is 9.47. The van der Waals surface area contributed by atoms with Gasteiger partial charge < -0.3 is 15.3 Å². The molecule has 0 unspecified atom stereocenters. The lowest BCUT2D eigenvalue weighted by Crippen LogP contribution is -2.44. The van der Waals surface area contributed by atoms with Crippen LogP contribution in [0.4, 0.5) is 5.69 Å². The van der Waals surface area contributed by atoms with Crippen LogP contribution in [-0.2, 0) is 6.54 Å². The van der Waals surface area contributed by atoms with E-state index in [-0.39, 0.29) is 12.1 Å². The normalized spacial score (nSPS) is 12.0. The zero-order valence-electron chi connectivity index (χ0n) is 13.2. The minimum atomic E-state index is -0.278. The third-order valence-electron chi connectivity index (χ3n) is 3.55. The number of anilines is 1. The van der Waals surface area contributed by atoms with E-state index in [1.54, 1.807) is 0 Å². The van der Waals surface area contributed by atoms with Crippen LogP contribution in [0.5, 0.6) is 0 Å².